The highest BCUT2D eigenvalue weighted by atomic mass is 79.9. The van der Waals surface area contributed by atoms with Gasteiger partial charge in [0, 0.05) is 11.9 Å². The van der Waals surface area contributed by atoms with Crippen molar-refractivity contribution in [1.82, 2.24) is 9.78 Å². The minimum atomic E-state index is -0.826. The number of carboxylic acids is 1. The van der Waals surface area contributed by atoms with Gasteiger partial charge in [-0.1, -0.05) is 6.07 Å². The van der Waals surface area contributed by atoms with Crippen molar-refractivity contribution in [1.29, 1.82) is 0 Å². The average Bonchev–Trinajstić information content (AvgIpc) is 2.54. The number of aromatic nitrogens is 2. The van der Waals surface area contributed by atoms with Crippen LogP contribution in [0.15, 0.2) is 22.8 Å². The molecule has 1 heterocycles. The predicted molar refractivity (Wildman–Crippen MR) is 64.4 cm³/mol. The van der Waals surface area contributed by atoms with Crippen LogP contribution < -0.4 is 0 Å². The maximum Gasteiger partial charge on any atom is 0.307 e. The minimum Gasteiger partial charge on any atom is -0.481 e. The van der Waals surface area contributed by atoms with Crippen molar-refractivity contribution in [3.63, 3.8) is 0 Å². The average molecular weight is 283 g/mol. The molecule has 0 spiro atoms. The number of aliphatic carboxylic acids is 1. The van der Waals surface area contributed by atoms with Crippen molar-refractivity contribution in [3.8, 4) is 0 Å². The van der Waals surface area contributed by atoms with Gasteiger partial charge in [-0.25, -0.2) is 0 Å². The molecule has 2 aromatic rings. The van der Waals surface area contributed by atoms with Crippen LogP contribution in [0.2, 0.25) is 0 Å². The van der Waals surface area contributed by atoms with Crippen LogP contribution in [-0.2, 0) is 17.8 Å². The van der Waals surface area contributed by atoms with Crippen LogP contribution in [-0.4, -0.2) is 20.9 Å². The maximum absolute atomic E-state index is 10.6. The van der Waals surface area contributed by atoms with E-state index in [2.05, 4.69) is 21.0 Å². The molecule has 0 unspecified atom stereocenters. The zero-order valence-corrected chi connectivity index (χ0v) is 10.4. The number of aryl methyl sites for hydroxylation is 1. The fourth-order valence-corrected chi connectivity index (χ4v) is 2.31. The van der Waals surface area contributed by atoms with Crippen molar-refractivity contribution in [3.05, 3.63) is 28.4 Å². The second kappa shape index (κ2) is 4.25. The van der Waals surface area contributed by atoms with E-state index in [0.717, 1.165) is 27.6 Å². The molecule has 0 aliphatic rings. The molecule has 0 saturated carbocycles. The molecule has 0 amide bonds. The zero-order valence-electron chi connectivity index (χ0n) is 8.77. The smallest absolute Gasteiger partial charge is 0.307 e. The second-order valence-corrected chi connectivity index (χ2v) is 4.28. The lowest BCUT2D eigenvalue weighted by atomic mass is 10.1. The molecular formula is C11H11BrN2O2. The summed E-state index contributed by atoms with van der Waals surface area (Å²) in [6, 6.07) is 5.54. The monoisotopic (exact) mass is 282 g/mol. The summed E-state index contributed by atoms with van der Waals surface area (Å²) in [5, 5.41) is 14.1. The number of carbonyl (C=O) groups is 1. The summed E-state index contributed by atoms with van der Waals surface area (Å²) in [5.74, 6) is -0.826. The van der Waals surface area contributed by atoms with Crippen molar-refractivity contribution >= 4 is 32.8 Å². The molecule has 0 fully saturated rings. The number of benzene rings is 1. The number of fused-ring (bicyclic) bond motifs is 1. The van der Waals surface area contributed by atoms with Crippen LogP contribution in [0.3, 0.4) is 0 Å². The van der Waals surface area contributed by atoms with Gasteiger partial charge in [-0.05, 0) is 40.5 Å². The van der Waals surface area contributed by atoms with Crippen LogP contribution in [0.25, 0.3) is 10.9 Å². The molecule has 0 saturated heterocycles. The molecule has 16 heavy (non-hydrogen) atoms. The van der Waals surface area contributed by atoms with Gasteiger partial charge in [-0.3, -0.25) is 9.48 Å². The van der Waals surface area contributed by atoms with Crippen LogP contribution in [0.1, 0.15) is 12.5 Å². The fraction of sp³-hybridized carbons (Fsp3) is 0.273. The number of nitrogens with zero attached hydrogens (tertiary/aromatic N) is 2. The largest absolute Gasteiger partial charge is 0.481 e. The number of rotatable bonds is 3. The summed E-state index contributed by atoms with van der Waals surface area (Å²) >= 11 is 3.47. The lowest BCUT2D eigenvalue weighted by molar-refractivity contribution is -0.136. The highest BCUT2D eigenvalue weighted by molar-refractivity contribution is 9.10. The van der Waals surface area contributed by atoms with E-state index in [-0.39, 0.29) is 6.42 Å². The van der Waals surface area contributed by atoms with E-state index in [4.69, 9.17) is 5.11 Å². The molecule has 5 heteroatoms. The molecule has 0 aliphatic heterocycles. The molecule has 1 aromatic carbocycles. The third kappa shape index (κ3) is 1.95. The number of hydrogen-bond acceptors (Lipinski definition) is 2. The maximum atomic E-state index is 10.6. The first-order chi connectivity index (χ1) is 7.61. The summed E-state index contributed by atoms with van der Waals surface area (Å²) in [4.78, 5) is 10.6. The summed E-state index contributed by atoms with van der Waals surface area (Å²) in [6.45, 7) is 2.79. The summed E-state index contributed by atoms with van der Waals surface area (Å²) in [7, 11) is 0. The topological polar surface area (TPSA) is 55.1 Å². The Labute approximate surface area is 101 Å². The molecule has 84 valence electrons. The molecule has 0 aliphatic carbocycles. The summed E-state index contributed by atoms with van der Waals surface area (Å²) < 4.78 is 2.78. The van der Waals surface area contributed by atoms with Crippen LogP contribution >= 0.6 is 15.9 Å². The van der Waals surface area contributed by atoms with Gasteiger partial charge in [0.2, 0.25) is 0 Å². The Balaban J connectivity index is 2.50. The SMILES string of the molecule is CCn1nc2cc(CC(=O)O)ccc2c1Br. The molecule has 1 N–H and O–H groups in total. The van der Waals surface area contributed by atoms with E-state index in [1.54, 1.807) is 0 Å². The van der Waals surface area contributed by atoms with Crippen molar-refractivity contribution in [2.24, 2.45) is 0 Å². The van der Waals surface area contributed by atoms with E-state index in [1.807, 2.05) is 29.8 Å². The summed E-state index contributed by atoms with van der Waals surface area (Å²) in [5.41, 5.74) is 1.60. The Morgan fingerprint density at radius 2 is 2.31 bits per heavy atom. The number of carboxylic acid groups (broad SMARTS) is 1. The second-order valence-electron chi connectivity index (χ2n) is 3.53. The minimum absolute atomic E-state index is 0.0343. The van der Waals surface area contributed by atoms with E-state index < -0.39 is 5.97 Å². The molecule has 0 radical (unpaired) electrons. The highest BCUT2D eigenvalue weighted by Crippen LogP contribution is 2.24. The molecule has 0 atom stereocenters. The lowest BCUT2D eigenvalue weighted by Crippen LogP contribution is -1.99. The Morgan fingerprint density at radius 3 is 2.94 bits per heavy atom. The van der Waals surface area contributed by atoms with Gasteiger partial charge in [-0.2, -0.15) is 5.10 Å². The van der Waals surface area contributed by atoms with E-state index in [9.17, 15) is 4.79 Å². The standard InChI is InChI=1S/C11H11BrN2O2/c1-2-14-11(12)8-4-3-7(6-10(15)16)5-9(8)13-14/h3-5H,2,6H2,1H3,(H,15,16). The van der Waals surface area contributed by atoms with Crippen LogP contribution in [0.4, 0.5) is 0 Å². The first-order valence-corrected chi connectivity index (χ1v) is 5.78. The van der Waals surface area contributed by atoms with Gasteiger partial charge in [0.15, 0.2) is 0 Å². The molecular weight excluding hydrogens is 272 g/mol. The number of hydrogen-bond donors (Lipinski definition) is 1. The van der Waals surface area contributed by atoms with E-state index >= 15 is 0 Å². The van der Waals surface area contributed by atoms with Gasteiger partial charge in [0.05, 0.1) is 11.9 Å². The molecule has 1 aromatic heterocycles. The van der Waals surface area contributed by atoms with Gasteiger partial charge in [0.1, 0.15) is 4.60 Å². The van der Waals surface area contributed by atoms with Crippen molar-refractivity contribution in [2.75, 3.05) is 0 Å². The van der Waals surface area contributed by atoms with Gasteiger partial charge in [0.25, 0.3) is 0 Å². The van der Waals surface area contributed by atoms with E-state index in [0.29, 0.717) is 0 Å². The molecule has 0 bridgehead atoms. The normalized spacial score (nSPS) is 10.9. The van der Waals surface area contributed by atoms with Gasteiger partial charge >= 0.3 is 5.97 Å². The predicted octanol–water partition coefficient (Wildman–Crippen LogP) is 2.45. The Kier molecular flexibility index (Phi) is 2.96. The van der Waals surface area contributed by atoms with Gasteiger partial charge in [-0.15, -0.1) is 0 Å². The fourth-order valence-electron chi connectivity index (χ4n) is 1.64. The Bertz CT molecular complexity index is 548. The molecule has 2 rings (SSSR count). The third-order valence-electron chi connectivity index (χ3n) is 2.39. The summed E-state index contributed by atoms with van der Waals surface area (Å²) in [6.07, 6.45) is 0.0343. The number of halogens is 1. The first-order valence-electron chi connectivity index (χ1n) is 4.98. The Hall–Kier alpha value is -1.36. The van der Waals surface area contributed by atoms with Crippen molar-refractivity contribution in [2.45, 2.75) is 19.9 Å². The Morgan fingerprint density at radius 1 is 1.56 bits per heavy atom. The first kappa shape index (κ1) is 11.1. The molecule has 4 nitrogen and oxygen atoms in total. The quantitative estimate of drug-likeness (QED) is 0.941. The van der Waals surface area contributed by atoms with Crippen molar-refractivity contribution < 1.29 is 9.90 Å². The highest BCUT2D eigenvalue weighted by Gasteiger charge is 2.09. The zero-order chi connectivity index (χ0) is 11.7. The van der Waals surface area contributed by atoms with Crippen LogP contribution in [0, 0.1) is 0 Å². The van der Waals surface area contributed by atoms with E-state index in [1.165, 1.54) is 0 Å². The lowest BCUT2D eigenvalue weighted by Gasteiger charge is -1.96. The van der Waals surface area contributed by atoms with Gasteiger partial charge < -0.3 is 5.11 Å². The third-order valence-corrected chi connectivity index (χ3v) is 3.23. The van der Waals surface area contributed by atoms with Crippen LogP contribution in [0.5, 0.6) is 0 Å².